The Morgan fingerprint density at radius 2 is 2.06 bits per heavy atom. The van der Waals surface area contributed by atoms with Crippen LogP contribution in [0.5, 0.6) is 0 Å². The minimum absolute atomic E-state index is 0.643. The van der Waals surface area contributed by atoms with Gasteiger partial charge in [-0.25, -0.2) is 9.97 Å². The van der Waals surface area contributed by atoms with Crippen LogP contribution in [0.2, 0.25) is 0 Å². The van der Waals surface area contributed by atoms with Gasteiger partial charge in [-0.05, 0) is 49.8 Å². The van der Waals surface area contributed by atoms with Gasteiger partial charge in [0.05, 0.1) is 0 Å². The Morgan fingerprint density at radius 3 is 2.72 bits per heavy atom. The van der Waals surface area contributed by atoms with Crippen molar-refractivity contribution in [2.45, 2.75) is 44.9 Å². The molecule has 0 saturated heterocycles. The predicted octanol–water partition coefficient (Wildman–Crippen LogP) is 3.00. The van der Waals surface area contributed by atoms with E-state index in [1.54, 1.807) is 6.33 Å². The molecule has 1 N–H and O–H groups in total. The standard InChI is InChI=1S/C15H25N3/c1-3-4-12-5-6-13(8-16-2)15(7-12)14-9-17-11-18-10-14/h9-13,15-16H,3-8H2,1-2H3. The second-order valence-corrected chi connectivity index (χ2v) is 5.56. The first-order valence-electron chi connectivity index (χ1n) is 7.24. The van der Waals surface area contributed by atoms with Crippen LogP contribution in [0.4, 0.5) is 0 Å². The van der Waals surface area contributed by atoms with Crippen molar-refractivity contribution in [3.63, 3.8) is 0 Å². The van der Waals surface area contributed by atoms with Gasteiger partial charge in [0.15, 0.2) is 0 Å². The Hall–Kier alpha value is -0.960. The quantitative estimate of drug-likeness (QED) is 0.869. The number of hydrogen-bond acceptors (Lipinski definition) is 3. The van der Waals surface area contributed by atoms with Gasteiger partial charge in [0.1, 0.15) is 6.33 Å². The third kappa shape index (κ3) is 3.29. The van der Waals surface area contributed by atoms with Gasteiger partial charge in [-0.15, -0.1) is 0 Å². The fraction of sp³-hybridized carbons (Fsp3) is 0.733. The first-order chi connectivity index (χ1) is 8.85. The van der Waals surface area contributed by atoms with Crippen LogP contribution in [-0.4, -0.2) is 23.6 Å². The molecule has 0 radical (unpaired) electrons. The van der Waals surface area contributed by atoms with Crippen LogP contribution in [0, 0.1) is 11.8 Å². The summed E-state index contributed by atoms with van der Waals surface area (Å²) in [6.07, 6.45) is 12.4. The molecule has 0 amide bonds. The molecule has 0 bridgehead atoms. The summed E-state index contributed by atoms with van der Waals surface area (Å²) in [4.78, 5) is 8.39. The van der Waals surface area contributed by atoms with E-state index in [9.17, 15) is 0 Å². The summed E-state index contributed by atoms with van der Waals surface area (Å²) in [5, 5.41) is 3.34. The molecule has 0 aromatic carbocycles. The molecule has 3 nitrogen and oxygen atoms in total. The molecular weight excluding hydrogens is 222 g/mol. The molecule has 1 saturated carbocycles. The van der Waals surface area contributed by atoms with E-state index in [0.717, 1.165) is 18.4 Å². The summed E-state index contributed by atoms with van der Waals surface area (Å²) in [5.41, 5.74) is 1.33. The smallest absolute Gasteiger partial charge is 0.115 e. The summed E-state index contributed by atoms with van der Waals surface area (Å²) < 4.78 is 0. The molecule has 1 aromatic rings. The Labute approximate surface area is 110 Å². The maximum absolute atomic E-state index is 4.19. The zero-order chi connectivity index (χ0) is 12.8. The average Bonchev–Trinajstić information content (AvgIpc) is 2.42. The van der Waals surface area contributed by atoms with Crippen molar-refractivity contribution in [3.05, 3.63) is 24.3 Å². The Bertz CT molecular complexity index is 339. The fourth-order valence-electron chi connectivity index (χ4n) is 3.41. The van der Waals surface area contributed by atoms with Crippen LogP contribution in [0.1, 0.15) is 50.5 Å². The van der Waals surface area contributed by atoms with Gasteiger partial charge in [-0.1, -0.05) is 26.2 Å². The lowest BCUT2D eigenvalue weighted by Gasteiger charge is -2.36. The van der Waals surface area contributed by atoms with Crippen molar-refractivity contribution < 1.29 is 0 Å². The van der Waals surface area contributed by atoms with Crippen LogP contribution in [0.25, 0.3) is 0 Å². The van der Waals surface area contributed by atoms with Gasteiger partial charge >= 0.3 is 0 Å². The average molecular weight is 247 g/mol. The third-order valence-corrected chi connectivity index (χ3v) is 4.27. The molecule has 18 heavy (non-hydrogen) atoms. The zero-order valence-electron chi connectivity index (χ0n) is 11.6. The minimum atomic E-state index is 0.643. The summed E-state index contributed by atoms with van der Waals surface area (Å²) in [6.45, 7) is 3.40. The molecule has 1 fully saturated rings. The second-order valence-electron chi connectivity index (χ2n) is 5.56. The number of aromatic nitrogens is 2. The molecule has 0 spiro atoms. The van der Waals surface area contributed by atoms with Gasteiger partial charge in [-0.3, -0.25) is 0 Å². The van der Waals surface area contributed by atoms with E-state index in [-0.39, 0.29) is 0 Å². The largest absolute Gasteiger partial charge is 0.319 e. The van der Waals surface area contributed by atoms with Crippen molar-refractivity contribution in [2.24, 2.45) is 11.8 Å². The van der Waals surface area contributed by atoms with Gasteiger partial charge in [-0.2, -0.15) is 0 Å². The summed E-state index contributed by atoms with van der Waals surface area (Å²) in [5.74, 6) is 2.28. The topological polar surface area (TPSA) is 37.8 Å². The molecule has 1 aliphatic rings. The lowest BCUT2D eigenvalue weighted by molar-refractivity contribution is 0.222. The Morgan fingerprint density at radius 1 is 1.28 bits per heavy atom. The SMILES string of the molecule is CCCC1CCC(CNC)C(c2cncnc2)C1. The first kappa shape index (κ1) is 13.5. The normalized spacial score (nSPS) is 28.2. The third-order valence-electron chi connectivity index (χ3n) is 4.27. The van der Waals surface area contributed by atoms with Crippen molar-refractivity contribution in [3.8, 4) is 0 Å². The maximum atomic E-state index is 4.19. The lowest BCUT2D eigenvalue weighted by Crippen LogP contribution is -2.30. The molecule has 1 aliphatic carbocycles. The van der Waals surface area contributed by atoms with Crippen LogP contribution < -0.4 is 5.32 Å². The highest BCUT2D eigenvalue weighted by molar-refractivity contribution is 5.13. The first-order valence-corrected chi connectivity index (χ1v) is 7.24. The summed E-state index contributed by atoms with van der Waals surface area (Å²) in [7, 11) is 2.05. The summed E-state index contributed by atoms with van der Waals surface area (Å²) >= 11 is 0. The highest BCUT2D eigenvalue weighted by Gasteiger charge is 2.30. The molecule has 3 atom stereocenters. The Kier molecular flexibility index (Phi) is 5.12. The van der Waals surface area contributed by atoms with Gasteiger partial charge in [0, 0.05) is 12.4 Å². The molecule has 100 valence electrons. The Balaban J connectivity index is 2.09. The van der Waals surface area contributed by atoms with E-state index < -0.39 is 0 Å². The van der Waals surface area contributed by atoms with Crippen molar-refractivity contribution >= 4 is 0 Å². The van der Waals surface area contributed by atoms with E-state index >= 15 is 0 Å². The van der Waals surface area contributed by atoms with E-state index in [1.807, 2.05) is 12.4 Å². The predicted molar refractivity (Wildman–Crippen MR) is 74.4 cm³/mol. The highest BCUT2D eigenvalue weighted by Crippen LogP contribution is 2.41. The van der Waals surface area contributed by atoms with E-state index in [0.29, 0.717) is 5.92 Å². The second kappa shape index (κ2) is 6.83. The summed E-state index contributed by atoms with van der Waals surface area (Å²) in [6, 6.07) is 0. The molecule has 0 aliphatic heterocycles. The molecule has 3 heteroatoms. The molecular formula is C15H25N3. The molecule has 1 heterocycles. The molecule has 3 unspecified atom stereocenters. The fourth-order valence-corrected chi connectivity index (χ4v) is 3.41. The number of nitrogens with zero attached hydrogens (tertiary/aromatic N) is 2. The van der Waals surface area contributed by atoms with Crippen molar-refractivity contribution in [1.29, 1.82) is 0 Å². The monoisotopic (exact) mass is 247 g/mol. The van der Waals surface area contributed by atoms with Crippen LogP contribution in [0.15, 0.2) is 18.7 Å². The molecule has 1 aromatic heterocycles. The van der Waals surface area contributed by atoms with E-state index in [1.165, 1.54) is 37.7 Å². The number of rotatable bonds is 5. The van der Waals surface area contributed by atoms with Crippen LogP contribution in [-0.2, 0) is 0 Å². The van der Waals surface area contributed by atoms with E-state index in [4.69, 9.17) is 0 Å². The maximum Gasteiger partial charge on any atom is 0.115 e. The van der Waals surface area contributed by atoms with E-state index in [2.05, 4.69) is 29.3 Å². The number of nitrogens with one attached hydrogen (secondary N) is 1. The van der Waals surface area contributed by atoms with Crippen molar-refractivity contribution in [1.82, 2.24) is 15.3 Å². The lowest BCUT2D eigenvalue weighted by atomic mass is 9.70. The molecule has 2 rings (SSSR count). The van der Waals surface area contributed by atoms with Gasteiger partial charge < -0.3 is 5.32 Å². The zero-order valence-corrected chi connectivity index (χ0v) is 11.6. The van der Waals surface area contributed by atoms with Crippen molar-refractivity contribution in [2.75, 3.05) is 13.6 Å². The van der Waals surface area contributed by atoms with Gasteiger partial charge in [0.25, 0.3) is 0 Å². The minimum Gasteiger partial charge on any atom is -0.319 e. The van der Waals surface area contributed by atoms with Gasteiger partial charge in [0.2, 0.25) is 0 Å². The number of hydrogen-bond donors (Lipinski definition) is 1. The van der Waals surface area contributed by atoms with Crippen LogP contribution in [0.3, 0.4) is 0 Å². The van der Waals surface area contributed by atoms with Crippen LogP contribution >= 0.6 is 0 Å². The highest BCUT2D eigenvalue weighted by atomic mass is 14.8.